The Morgan fingerprint density at radius 1 is 1.14 bits per heavy atom. The molecule has 29 heavy (non-hydrogen) atoms. The summed E-state index contributed by atoms with van der Waals surface area (Å²) < 4.78 is 5.21. The normalized spacial score (nSPS) is 20.3. The fourth-order valence-corrected chi connectivity index (χ4v) is 3.43. The van der Waals surface area contributed by atoms with Gasteiger partial charge in [-0.2, -0.15) is 0 Å². The van der Waals surface area contributed by atoms with Gasteiger partial charge in [0.05, 0.1) is 6.04 Å². The van der Waals surface area contributed by atoms with Crippen molar-refractivity contribution in [2.75, 3.05) is 6.54 Å². The molecule has 2 fully saturated rings. The monoisotopic (exact) mass is 401 g/mol. The minimum absolute atomic E-state index is 0.0942. The standard InChI is InChI=1S/C21H27N3O5/c25-12-17(11-16-8-9-22-19(16)26)23-20(27)18(10-14-6-7-14)24-21(28)29-13-15-4-2-1-3-5-15/h1-5,12,14,16-18H,6-11,13H2,(H,22,26)(H,23,27)(H,24,28)/t16-,17+,18-/m0/s1. The van der Waals surface area contributed by atoms with E-state index in [0.29, 0.717) is 31.6 Å². The van der Waals surface area contributed by atoms with Crippen molar-refractivity contribution < 1.29 is 23.9 Å². The molecule has 156 valence electrons. The summed E-state index contributed by atoms with van der Waals surface area (Å²) >= 11 is 0. The number of nitrogens with one attached hydrogen (secondary N) is 3. The number of rotatable bonds is 10. The highest BCUT2D eigenvalue weighted by molar-refractivity contribution is 5.88. The number of amides is 3. The minimum Gasteiger partial charge on any atom is -0.445 e. The lowest BCUT2D eigenvalue weighted by molar-refractivity contribution is -0.127. The zero-order chi connectivity index (χ0) is 20.6. The third kappa shape index (κ3) is 6.58. The molecule has 1 aromatic rings. The van der Waals surface area contributed by atoms with Crippen molar-refractivity contribution in [2.45, 2.75) is 50.8 Å². The maximum absolute atomic E-state index is 12.7. The summed E-state index contributed by atoms with van der Waals surface area (Å²) in [4.78, 5) is 48.0. The molecule has 1 heterocycles. The first-order valence-corrected chi connectivity index (χ1v) is 10.1. The van der Waals surface area contributed by atoms with E-state index in [9.17, 15) is 19.2 Å². The van der Waals surface area contributed by atoms with Crippen LogP contribution in [0.25, 0.3) is 0 Å². The first-order chi connectivity index (χ1) is 14.0. The number of alkyl carbamates (subject to hydrolysis) is 1. The van der Waals surface area contributed by atoms with E-state index in [4.69, 9.17) is 4.74 Å². The molecule has 8 heteroatoms. The van der Waals surface area contributed by atoms with Gasteiger partial charge in [0.25, 0.3) is 0 Å². The van der Waals surface area contributed by atoms with Gasteiger partial charge in [-0.3, -0.25) is 9.59 Å². The Morgan fingerprint density at radius 3 is 2.52 bits per heavy atom. The predicted molar refractivity (Wildman–Crippen MR) is 105 cm³/mol. The fraction of sp³-hybridized carbons (Fsp3) is 0.524. The van der Waals surface area contributed by atoms with Crippen molar-refractivity contribution in [3.8, 4) is 0 Å². The highest BCUT2D eigenvalue weighted by Crippen LogP contribution is 2.33. The van der Waals surface area contributed by atoms with Gasteiger partial charge in [-0.05, 0) is 30.7 Å². The number of hydrogen-bond donors (Lipinski definition) is 3. The first-order valence-electron chi connectivity index (χ1n) is 10.1. The summed E-state index contributed by atoms with van der Waals surface area (Å²) in [6, 6.07) is 7.73. The fourth-order valence-electron chi connectivity index (χ4n) is 3.43. The molecule has 2 aliphatic rings. The predicted octanol–water partition coefficient (Wildman–Crippen LogP) is 1.29. The smallest absolute Gasteiger partial charge is 0.408 e. The van der Waals surface area contributed by atoms with Crippen LogP contribution < -0.4 is 16.0 Å². The van der Waals surface area contributed by atoms with Crippen molar-refractivity contribution in [3.05, 3.63) is 35.9 Å². The average molecular weight is 401 g/mol. The van der Waals surface area contributed by atoms with E-state index in [1.54, 1.807) is 0 Å². The van der Waals surface area contributed by atoms with E-state index in [0.717, 1.165) is 18.4 Å². The Hall–Kier alpha value is -2.90. The van der Waals surface area contributed by atoms with Crippen molar-refractivity contribution in [3.63, 3.8) is 0 Å². The summed E-state index contributed by atoms with van der Waals surface area (Å²) in [5.41, 5.74) is 0.849. The van der Waals surface area contributed by atoms with Gasteiger partial charge in [0, 0.05) is 12.5 Å². The van der Waals surface area contributed by atoms with Gasteiger partial charge in [0.2, 0.25) is 11.8 Å². The quantitative estimate of drug-likeness (QED) is 0.511. The van der Waals surface area contributed by atoms with E-state index in [-0.39, 0.29) is 24.9 Å². The summed E-state index contributed by atoms with van der Waals surface area (Å²) in [5.74, 6) is -0.418. The molecule has 3 rings (SSSR count). The van der Waals surface area contributed by atoms with Crippen molar-refractivity contribution in [2.24, 2.45) is 11.8 Å². The van der Waals surface area contributed by atoms with Crippen LogP contribution in [0.15, 0.2) is 30.3 Å². The lowest BCUT2D eigenvalue weighted by Gasteiger charge is -2.21. The van der Waals surface area contributed by atoms with E-state index >= 15 is 0 Å². The molecule has 3 N–H and O–H groups in total. The Labute approximate surface area is 169 Å². The molecule has 1 aromatic carbocycles. The third-order valence-electron chi connectivity index (χ3n) is 5.28. The zero-order valence-corrected chi connectivity index (χ0v) is 16.3. The third-order valence-corrected chi connectivity index (χ3v) is 5.28. The molecule has 0 radical (unpaired) electrons. The second-order valence-electron chi connectivity index (χ2n) is 7.70. The van der Waals surface area contributed by atoms with E-state index in [2.05, 4.69) is 16.0 Å². The molecule has 3 atom stereocenters. The van der Waals surface area contributed by atoms with Gasteiger partial charge in [-0.1, -0.05) is 43.2 Å². The number of hydrogen-bond acceptors (Lipinski definition) is 5. The van der Waals surface area contributed by atoms with E-state index in [1.165, 1.54) is 0 Å². The van der Waals surface area contributed by atoms with Crippen molar-refractivity contribution >= 4 is 24.2 Å². The second kappa shape index (κ2) is 10.0. The van der Waals surface area contributed by atoms with Crippen LogP contribution in [0.4, 0.5) is 4.79 Å². The molecule has 1 saturated heterocycles. The summed E-state index contributed by atoms with van der Waals surface area (Å²) in [7, 11) is 0. The second-order valence-corrected chi connectivity index (χ2v) is 7.70. The number of aldehydes is 1. The van der Waals surface area contributed by atoms with E-state index < -0.39 is 24.1 Å². The molecule has 0 aromatic heterocycles. The average Bonchev–Trinajstić information content (AvgIpc) is 3.46. The van der Waals surface area contributed by atoms with Crippen LogP contribution in [0.2, 0.25) is 0 Å². The maximum Gasteiger partial charge on any atom is 0.408 e. The van der Waals surface area contributed by atoms with Gasteiger partial charge < -0.3 is 25.5 Å². The molecular weight excluding hydrogens is 374 g/mol. The molecule has 0 unspecified atom stereocenters. The number of benzene rings is 1. The highest BCUT2D eigenvalue weighted by atomic mass is 16.5. The lowest BCUT2D eigenvalue weighted by atomic mass is 9.98. The first kappa shape index (κ1) is 20.8. The molecule has 0 bridgehead atoms. The summed E-state index contributed by atoms with van der Waals surface area (Å²) in [6.07, 6.45) is 3.41. The summed E-state index contributed by atoms with van der Waals surface area (Å²) in [6.45, 7) is 0.695. The van der Waals surface area contributed by atoms with Crippen molar-refractivity contribution in [1.82, 2.24) is 16.0 Å². The highest BCUT2D eigenvalue weighted by Gasteiger charge is 2.33. The Morgan fingerprint density at radius 2 is 1.90 bits per heavy atom. The Bertz CT molecular complexity index is 735. The van der Waals surface area contributed by atoms with Crippen LogP contribution in [-0.4, -0.2) is 42.8 Å². The van der Waals surface area contributed by atoms with Crippen LogP contribution >= 0.6 is 0 Å². The minimum atomic E-state index is -0.773. The molecular formula is C21H27N3O5. The number of carbonyl (C=O) groups excluding carboxylic acids is 4. The molecule has 1 saturated carbocycles. The zero-order valence-electron chi connectivity index (χ0n) is 16.3. The molecule has 0 spiro atoms. The number of carbonyl (C=O) groups is 4. The maximum atomic E-state index is 12.7. The van der Waals surface area contributed by atoms with Gasteiger partial charge in [0.1, 0.15) is 18.9 Å². The van der Waals surface area contributed by atoms with Crippen LogP contribution in [0.1, 0.15) is 37.7 Å². The SMILES string of the molecule is O=C[C@@H](C[C@@H]1CCNC1=O)NC(=O)[C@H](CC1CC1)NC(=O)OCc1ccccc1. The van der Waals surface area contributed by atoms with Gasteiger partial charge >= 0.3 is 6.09 Å². The lowest BCUT2D eigenvalue weighted by Crippen LogP contribution is -2.50. The van der Waals surface area contributed by atoms with Crippen LogP contribution in [-0.2, 0) is 25.7 Å². The van der Waals surface area contributed by atoms with E-state index in [1.807, 2.05) is 30.3 Å². The topological polar surface area (TPSA) is 114 Å². The molecule has 1 aliphatic carbocycles. The Balaban J connectivity index is 1.52. The Kier molecular flexibility index (Phi) is 7.21. The van der Waals surface area contributed by atoms with Gasteiger partial charge in [0.15, 0.2) is 0 Å². The van der Waals surface area contributed by atoms with Crippen molar-refractivity contribution in [1.29, 1.82) is 0 Å². The van der Waals surface area contributed by atoms with Crippen LogP contribution in [0.5, 0.6) is 0 Å². The number of ether oxygens (including phenoxy) is 1. The largest absolute Gasteiger partial charge is 0.445 e. The van der Waals surface area contributed by atoms with Gasteiger partial charge in [-0.15, -0.1) is 0 Å². The van der Waals surface area contributed by atoms with Gasteiger partial charge in [-0.25, -0.2) is 4.79 Å². The van der Waals surface area contributed by atoms with Crippen LogP contribution in [0.3, 0.4) is 0 Å². The summed E-state index contributed by atoms with van der Waals surface area (Å²) in [5, 5.41) is 8.01. The molecule has 1 aliphatic heterocycles. The molecule has 8 nitrogen and oxygen atoms in total. The molecule has 3 amide bonds. The van der Waals surface area contributed by atoms with Crippen LogP contribution in [0, 0.1) is 11.8 Å².